The molecule has 2 rings (SSSR count). The number of nitrogens with one attached hydrogen (secondary N) is 1. The molecule has 21 heavy (non-hydrogen) atoms. The van der Waals surface area contributed by atoms with Crippen molar-refractivity contribution in [3.63, 3.8) is 0 Å². The first-order valence-corrected chi connectivity index (χ1v) is 9.69. The van der Waals surface area contributed by atoms with E-state index in [1.807, 2.05) is 0 Å². The van der Waals surface area contributed by atoms with E-state index in [2.05, 4.69) is 31.0 Å². The van der Waals surface area contributed by atoms with Crippen LogP contribution in [-0.4, -0.2) is 36.6 Å². The summed E-state index contributed by atoms with van der Waals surface area (Å²) in [5.74, 6) is 1.78. The summed E-state index contributed by atoms with van der Waals surface area (Å²) in [6, 6.07) is 1.39. The molecule has 0 aromatic carbocycles. The van der Waals surface area contributed by atoms with E-state index in [9.17, 15) is 0 Å². The van der Waals surface area contributed by atoms with Crippen LogP contribution < -0.4 is 5.32 Å². The van der Waals surface area contributed by atoms with Crippen molar-refractivity contribution in [2.75, 3.05) is 19.6 Å². The van der Waals surface area contributed by atoms with Crippen molar-refractivity contribution in [1.82, 2.24) is 10.2 Å². The van der Waals surface area contributed by atoms with Crippen LogP contribution in [0.3, 0.4) is 0 Å². The molecule has 1 aliphatic carbocycles. The van der Waals surface area contributed by atoms with Crippen LogP contribution in [0.2, 0.25) is 0 Å². The van der Waals surface area contributed by atoms with Crippen LogP contribution in [0.1, 0.15) is 78.6 Å². The van der Waals surface area contributed by atoms with E-state index >= 15 is 0 Å². The van der Waals surface area contributed by atoms with Gasteiger partial charge in [0, 0.05) is 18.6 Å². The molecule has 124 valence electrons. The molecule has 1 heterocycles. The van der Waals surface area contributed by atoms with Crippen LogP contribution in [0.25, 0.3) is 0 Å². The molecular formula is C19H38N2. The number of nitrogens with zero attached hydrogens (tertiary/aromatic N) is 1. The minimum Gasteiger partial charge on any atom is -0.311 e. The predicted octanol–water partition coefficient (Wildman–Crippen LogP) is 4.45. The molecule has 0 spiro atoms. The average molecular weight is 295 g/mol. The van der Waals surface area contributed by atoms with Crippen LogP contribution in [0, 0.1) is 11.8 Å². The Labute approximate surface area is 133 Å². The normalized spacial score (nSPS) is 29.0. The van der Waals surface area contributed by atoms with Gasteiger partial charge in [0.2, 0.25) is 0 Å². The molecule has 1 saturated carbocycles. The zero-order chi connectivity index (χ0) is 15.1. The SMILES string of the molecule is CCCN1CCCC(C(C)N[C@@H](C)C2CCCCCC2)C1. The van der Waals surface area contributed by atoms with Crippen molar-refractivity contribution in [1.29, 1.82) is 0 Å². The van der Waals surface area contributed by atoms with Crippen molar-refractivity contribution in [3.05, 3.63) is 0 Å². The molecule has 0 amide bonds. The fourth-order valence-electron chi connectivity index (χ4n) is 4.52. The molecule has 3 atom stereocenters. The van der Waals surface area contributed by atoms with Crippen LogP contribution in [-0.2, 0) is 0 Å². The topological polar surface area (TPSA) is 15.3 Å². The van der Waals surface area contributed by atoms with Crippen molar-refractivity contribution < 1.29 is 0 Å². The van der Waals surface area contributed by atoms with E-state index < -0.39 is 0 Å². The van der Waals surface area contributed by atoms with Crippen LogP contribution >= 0.6 is 0 Å². The smallest absolute Gasteiger partial charge is 0.00818 e. The largest absolute Gasteiger partial charge is 0.311 e. The first-order valence-electron chi connectivity index (χ1n) is 9.69. The zero-order valence-electron chi connectivity index (χ0n) is 14.7. The third-order valence-electron chi connectivity index (χ3n) is 5.92. The third-order valence-corrected chi connectivity index (χ3v) is 5.92. The monoisotopic (exact) mass is 294 g/mol. The first-order chi connectivity index (χ1) is 10.2. The van der Waals surface area contributed by atoms with Gasteiger partial charge < -0.3 is 10.2 Å². The van der Waals surface area contributed by atoms with Crippen LogP contribution in [0.15, 0.2) is 0 Å². The third kappa shape index (κ3) is 5.56. The molecule has 0 bridgehead atoms. The molecule has 0 aromatic rings. The number of piperidine rings is 1. The lowest BCUT2D eigenvalue weighted by atomic mass is 9.88. The lowest BCUT2D eigenvalue weighted by Crippen LogP contribution is -2.48. The van der Waals surface area contributed by atoms with Gasteiger partial charge in [0.1, 0.15) is 0 Å². The Bertz CT molecular complexity index is 269. The maximum atomic E-state index is 3.98. The number of hydrogen-bond acceptors (Lipinski definition) is 2. The molecule has 2 aliphatic rings. The molecular weight excluding hydrogens is 256 g/mol. The molecule has 2 unspecified atom stereocenters. The van der Waals surface area contributed by atoms with E-state index in [0.29, 0.717) is 12.1 Å². The minimum atomic E-state index is 0.683. The summed E-state index contributed by atoms with van der Waals surface area (Å²) in [5.41, 5.74) is 0. The predicted molar refractivity (Wildman–Crippen MR) is 92.7 cm³/mol. The van der Waals surface area contributed by atoms with Crippen molar-refractivity contribution >= 4 is 0 Å². The van der Waals surface area contributed by atoms with Gasteiger partial charge in [0.05, 0.1) is 0 Å². The molecule has 1 aliphatic heterocycles. The van der Waals surface area contributed by atoms with Gasteiger partial charge in [-0.05, 0) is 70.9 Å². The Morgan fingerprint density at radius 1 is 0.905 bits per heavy atom. The van der Waals surface area contributed by atoms with Gasteiger partial charge >= 0.3 is 0 Å². The summed E-state index contributed by atoms with van der Waals surface area (Å²) in [6.45, 7) is 11.1. The van der Waals surface area contributed by atoms with Gasteiger partial charge in [0.15, 0.2) is 0 Å². The standard InChI is InChI=1S/C19H38N2/c1-4-13-21-14-9-12-19(15-21)17(3)20-16(2)18-10-7-5-6-8-11-18/h16-20H,4-15H2,1-3H3/t16-,17?,19?/m0/s1. The Morgan fingerprint density at radius 2 is 1.52 bits per heavy atom. The van der Waals surface area contributed by atoms with Gasteiger partial charge in [-0.2, -0.15) is 0 Å². The maximum absolute atomic E-state index is 3.98. The Morgan fingerprint density at radius 3 is 2.19 bits per heavy atom. The average Bonchev–Trinajstić information content (AvgIpc) is 2.77. The molecule has 2 fully saturated rings. The summed E-state index contributed by atoms with van der Waals surface area (Å²) in [5, 5.41) is 3.98. The zero-order valence-corrected chi connectivity index (χ0v) is 14.7. The summed E-state index contributed by atoms with van der Waals surface area (Å²) in [6.07, 6.45) is 12.9. The maximum Gasteiger partial charge on any atom is 0.00818 e. The highest BCUT2D eigenvalue weighted by atomic mass is 15.1. The molecule has 2 heteroatoms. The Hall–Kier alpha value is -0.0800. The number of likely N-dealkylation sites (tertiary alicyclic amines) is 1. The Balaban J connectivity index is 1.77. The van der Waals surface area contributed by atoms with E-state index in [4.69, 9.17) is 0 Å². The molecule has 0 aromatic heterocycles. The first kappa shape index (κ1) is 17.3. The van der Waals surface area contributed by atoms with E-state index in [1.54, 1.807) is 0 Å². The van der Waals surface area contributed by atoms with E-state index in [0.717, 1.165) is 11.8 Å². The fraction of sp³-hybridized carbons (Fsp3) is 1.00. The van der Waals surface area contributed by atoms with Gasteiger partial charge in [-0.15, -0.1) is 0 Å². The summed E-state index contributed by atoms with van der Waals surface area (Å²) >= 11 is 0. The highest BCUT2D eigenvalue weighted by Crippen LogP contribution is 2.27. The summed E-state index contributed by atoms with van der Waals surface area (Å²) < 4.78 is 0. The van der Waals surface area contributed by atoms with Crippen molar-refractivity contribution in [2.45, 2.75) is 90.6 Å². The van der Waals surface area contributed by atoms with Crippen LogP contribution in [0.5, 0.6) is 0 Å². The van der Waals surface area contributed by atoms with E-state index in [-0.39, 0.29) is 0 Å². The van der Waals surface area contributed by atoms with Crippen molar-refractivity contribution in [2.24, 2.45) is 11.8 Å². The van der Waals surface area contributed by atoms with Gasteiger partial charge in [0.25, 0.3) is 0 Å². The highest BCUT2D eigenvalue weighted by Gasteiger charge is 2.27. The number of rotatable bonds is 6. The minimum absolute atomic E-state index is 0.683. The molecule has 2 nitrogen and oxygen atoms in total. The number of hydrogen-bond donors (Lipinski definition) is 1. The van der Waals surface area contributed by atoms with Crippen molar-refractivity contribution in [3.8, 4) is 0 Å². The van der Waals surface area contributed by atoms with Gasteiger partial charge in [-0.1, -0.05) is 32.6 Å². The quantitative estimate of drug-likeness (QED) is 0.728. The second-order valence-corrected chi connectivity index (χ2v) is 7.70. The van der Waals surface area contributed by atoms with E-state index in [1.165, 1.54) is 77.4 Å². The highest BCUT2D eigenvalue weighted by molar-refractivity contribution is 4.84. The molecule has 1 saturated heterocycles. The fourth-order valence-corrected chi connectivity index (χ4v) is 4.52. The summed E-state index contributed by atoms with van der Waals surface area (Å²) in [4.78, 5) is 2.68. The molecule has 1 N–H and O–H groups in total. The van der Waals surface area contributed by atoms with Crippen LogP contribution in [0.4, 0.5) is 0 Å². The lowest BCUT2D eigenvalue weighted by Gasteiger charge is -2.38. The van der Waals surface area contributed by atoms with Gasteiger partial charge in [-0.3, -0.25) is 0 Å². The second-order valence-electron chi connectivity index (χ2n) is 7.70. The lowest BCUT2D eigenvalue weighted by molar-refractivity contribution is 0.142. The summed E-state index contributed by atoms with van der Waals surface area (Å²) in [7, 11) is 0. The molecule has 0 radical (unpaired) electrons. The second kappa shape index (κ2) is 9.15. The Kier molecular flexibility index (Phi) is 7.53. The van der Waals surface area contributed by atoms with Gasteiger partial charge in [-0.25, -0.2) is 0 Å².